The van der Waals surface area contributed by atoms with Gasteiger partial charge < -0.3 is 4.74 Å². The fourth-order valence-electron chi connectivity index (χ4n) is 7.87. The van der Waals surface area contributed by atoms with Gasteiger partial charge in [0.1, 0.15) is 0 Å². The molecule has 2 heteroatoms. The molecule has 4 aliphatic carbocycles. The van der Waals surface area contributed by atoms with E-state index in [-0.39, 0.29) is 11.4 Å². The van der Waals surface area contributed by atoms with Gasteiger partial charge in [0.15, 0.2) is 0 Å². The predicted molar refractivity (Wildman–Crippen MR) is 80.4 cm³/mol. The Kier molecular flexibility index (Phi) is 2.27. The average Bonchev–Trinajstić information content (AvgIpc) is 3.16. The number of esters is 1. The van der Waals surface area contributed by atoms with Crippen molar-refractivity contribution in [3.05, 3.63) is 0 Å². The maximum Gasteiger partial charge on any atom is 0.312 e. The minimum atomic E-state index is -0.0342. The zero-order valence-electron chi connectivity index (χ0n) is 13.6. The predicted octanol–water partition coefficient (Wildman–Crippen LogP) is 3.89. The summed E-state index contributed by atoms with van der Waals surface area (Å²) in [7, 11) is 0. The Hall–Kier alpha value is -0.530. The van der Waals surface area contributed by atoms with Crippen LogP contribution < -0.4 is 0 Å². The Morgan fingerprint density at radius 2 is 1.90 bits per heavy atom. The number of hydrogen-bond donors (Lipinski definition) is 0. The lowest BCUT2D eigenvalue weighted by Gasteiger charge is -2.47. The number of cyclic esters (lactones) is 1. The molecule has 5 fully saturated rings. The zero-order valence-corrected chi connectivity index (χ0v) is 13.6. The maximum atomic E-state index is 12.4. The van der Waals surface area contributed by atoms with E-state index in [4.69, 9.17) is 4.74 Å². The number of carbonyl (C=O) groups excluding carboxylic acids is 1. The first-order valence-electron chi connectivity index (χ1n) is 9.09. The lowest BCUT2D eigenvalue weighted by molar-refractivity contribution is -0.151. The van der Waals surface area contributed by atoms with Gasteiger partial charge in [-0.25, -0.2) is 0 Å². The van der Waals surface area contributed by atoms with Crippen molar-refractivity contribution in [1.29, 1.82) is 0 Å². The van der Waals surface area contributed by atoms with Gasteiger partial charge in [-0.05, 0) is 78.9 Å². The smallest absolute Gasteiger partial charge is 0.312 e. The second-order valence-electron chi connectivity index (χ2n) is 9.87. The standard InChI is InChI=1S/C19H28O2/c1-18(2,3)13-7-10-6-12(13)15-11-8-14(16(10)15)19(9-11)4-5-21-17(19)20/h10-16H,4-9H2,1-3H3. The summed E-state index contributed by atoms with van der Waals surface area (Å²) < 4.78 is 5.41. The summed E-state index contributed by atoms with van der Waals surface area (Å²) in [6.45, 7) is 8.02. The molecule has 0 aromatic rings. The van der Waals surface area contributed by atoms with Crippen molar-refractivity contribution >= 4 is 5.97 Å². The van der Waals surface area contributed by atoms with Crippen LogP contribution >= 0.6 is 0 Å². The molecule has 0 aromatic heterocycles. The number of ether oxygens (including phenoxy) is 1. The Labute approximate surface area is 128 Å². The number of hydrogen-bond acceptors (Lipinski definition) is 2. The first-order valence-corrected chi connectivity index (χ1v) is 9.09. The molecule has 0 N–H and O–H groups in total. The van der Waals surface area contributed by atoms with Crippen molar-refractivity contribution < 1.29 is 9.53 Å². The van der Waals surface area contributed by atoms with Crippen LogP contribution in [0.1, 0.15) is 52.9 Å². The van der Waals surface area contributed by atoms with Crippen LogP contribution in [0.15, 0.2) is 0 Å². The lowest BCUT2D eigenvalue weighted by atomic mass is 9.56. The molecule has 116 valence electrons. The first kappa shape index (κ1) is 13.0. The quantitative estimate of drug-likeness (QED) is 0.499. The highest BCUT2D eigenvalue weighted by molar-refractivity contribution is 5.80. The van der Waals surface area contributed by atoms with Crippen LogP contribution in [-0.4, -0.2) is 12.6 Å². The first-order chi connectivity index (χ1) is 9.92. The largest absolute Gasteiger partial charge is 0.465 e. The topological polar surface area (TPSA) is 26.3 Å². The maximum absolute atomic E-state index is 12.4. The molecule has 0 amide bonds. The molecule has 1 heterocycles. The minimum Gasteiger partial charge on any atom is -0.465 e. The molecule has 2 nitrogen and oxygen atoms in total. The van der Waals surface area contributed by atoms with Crippen LogP contribution in [0.2, 0.25) is 0 Å². The van der Waals surface area contributed by atoms with Gasteiger partial charge in [-0.3, -0.25) is 4.79 Å². The highest BCUT2D eigenvalue weighted by Crippen LogP contribution is 2.75. The van der Waals surface area contributed by atoms with Crippen molar-refractivity contribution in [2.75, 3.05) is 6.61 Å². The van der Waals surface area contributed by atoms with Crippen LogP contribution in [0, 0.1) is 52.3 Å². The number of rotatable bonds is 0. The molecule has 1 aliphatic heterocycles. The van der Waals surface area contributed by atoms with E-state index < -0.39 is 0 Å². The average molecular weight is 288 g/mol. The number of fused-ring (bicyclic) bond motifs is 10. The Balaban J connectivity index is 1.48. The number of carbonyl (C=O) groups is 1. The summed E-state index contributed by atoms with van der Waals surface area (Å²) in [6, 6.07) is 0. The van der Waals surface area contributed by atoms with Gasteiger partial charge in [-0.1, -0.05) is 20.8 Å². The molecule has 0 radical (unpaired) electrons. The second-order valence-corrected chi connectivity index (χ2v) is 9.87. The molecule has 5 aliphatic rings. The van der Waals surface area contributed by atoms with E-state index in [2.05, 4.69) is 20.8 Å². The van der Waals surface area contributed by atoms with E-state index in [1.807, 2.05) is 0 Å². The van der Waals surface area contributed by atoms with Gasteiger partial charge in [-0.15, -0.1) is 0 Å². The van der Waals surface area contributed by atoms with Crippen molar-refractivity contribution in [2.45, 2.75) is 52.9 Å². The summed E-state index contributed by atoms with van der Waals surface area (Å²) in [5, 5.41) is 0. The van der Waals surface area contributed by atoms with Gasteiger partial charge in [0, 0.05) is 0 Å². The van der Waals surface area contributed by atoms with E-state index in [1.54, 1.807) is 0 Å². The molecule has 0 aromatic carbocycles. The third kappa shape index (κ3) is 1.39. The van der Waals surface area contributed by atoms with Crippen LogP contribution in [0.4, 0.5) is 0 Å². The summed E-state index contributed by atoms with van der Waals surface area (Å²) in [4.78, 5) is 12.4. The van der Waals surface area contributed by atoms with Crippen LogP contribution in [0.25, 0.3) is 0 Å². The summed E-state index contributed by atoms with van der Waals surface area (Å²) in [6.07, 6.45) is 6.43. The molecule has 5 rings (SSSR count). The lowest BCUT2D eigenvalue weighted by Crippen LogP contribution is -2.45. The Morgan fingerprint density at radius 1 is 1.10 bits per heavy atom. The fourth-order valence-corrected chi connectivity index (χ4v) is 7.87. The molecule has 21 heavy (non-hydrogen) atoms. The molecule has 4 bridgehead atoms. The third-order valence-corrected chi connectivity index (χ3v) is 8.33. The van der Waals surface area contributed by atoms with Crippen LogP contribution in [0.5, 0.6) is 0 Å². The van der Waals surface area contributed by atoms with Gasteiger partial charge in [0.05, 0.1) is 12.0 Å². The molecule has 1 saturated heterocycles. The van der Waals surface area contributed by atoms with Crippen molar-refractivity contribution in [2.24, 2.45) is 52.3 Å². The molecular formula is C19H28O2. The van der Waals surface area contributed by atoms with Gasteiger partial charge in [-0.2, -0.15) is 0 Å². The highest BCUT2D eigenvalue weighted by Gasteiger charge is 2.71. The van der Waals surface area contributed by atoms with Crippen LogP contribution in [0.3, 0.4) is 0 Å². The van der Waals surface area contributed by atoms with E-state index in [1.165, 1.54) is 19.3 Å². The molecule has 8 unspecified atom stereocenters. The fraction of sp³-hybridized carbons (Fsp3) is 0.947. The van der Waals surface area contributed by atoms with Crippen LogP contribution in [-0.2, 0) is 9.53 Å². The molecule has 4 saturated carbocycles. The van der Waals surface area contributed by atoms with E-state index in [0.29, 0.717) is 17.9 Å². The Bertz CT molecular complexity index is 504. The molecule has 1 spiro atoms. The highest BCUT2D eigenvalue weighted by atomic mass is 16.5. The monoisotopic (exact) mass is 288 g/mol. The molecular weight excluding hydrogens is 260 g/mol. The van der Waals surface area contributed by atoms with E-state index in [0.717, 1.165) is 48.3 Å². The summed E-state index contributed by atoms with van der Waals surface area (Å²) in [5.41, 5.74) is 0.434. The normalized spacial score (nSPS) is 57.3. The van der Waals surface area contributed by atoms with Crippen molar-refractivity contribution in [3.63, 3.8) is 0 Å². The van der Waals surface area contributed by atoms with E-state index in [9.17, 15) is 4.79 Å². The SMILES string of the molecule is CC(C)(C)C1CC2CC1C1C3CC(C21)C1(CCOC1=O)C3. The van der Waals surface area contributed by atoms with E-state index >= 15 is 0 Å². The third-order valence-electron chi connectivity index (χ3n) is 8.33. The second kappa shape index (κ2) is 3.68. The van der Waals surface area contributed by atoms with Gasteiger partial charge in [0.25, 0.3) is 0 Å². The van der Waals surface area contributed by atoms with Gasteiger partial charge in [0.2, 0.25) is 0 Å². The van der Waals surface area contributed by atoms with Crippen molar-refractivity contribution in [1.82, 2.24) is 0 Å². The minimum absolute atomic E-state index is 0.0342. The Morgan fingerprint density at radius 3 is 2.57 bits per heavy atom. The zero-order chi connectivity index (χ0) is 14.6. The van der Waals surface area contributed by atoms with Gasteiger partial charge >= 0.3 is 5.97 Å². The van der Waals surface area contributed by atoms with Crippen molar-refractivity contribution in [3.8, 4) is 0 Å². The molecule has 8 atom stereocenters. The summed E-state index contributed by atoms with van der Waals surface area (Å²) >= 11 is 0. The summed E-state index contributed by atoms with van der Waals surface area (Å²) in [5.74, 6) is 6.33.